The first kappa shape index (κ1) is 15.7. The molecule has 5 heteroatoms. The molecule has 0 aliphatic carbocycles. The van der Waals surface area contributed by atoms with Crippen LogP contribution in [0.15, 0.2) is 42.5 Å². The fourth-order valence-electron chi connectivity index (χ4n) is 2.81. The van der Waals surface area contributed by atoms with Crippen molar-refractivity contribution in [3.05, 3.63) is 64.7 Å². The molecule has 3 rings (SSSR count). The van der Waals surface area contributed by atoms with Crippen LogP contribution in [-0.4, -0.2) is 20.7 Å². The predicted octanol–water partition coefficient (Wildman–Crippen LogP) is 3.23. The van der Waals surface area contributed by atoms with Crippen LogP contribution >= 0.6 is 0 Å². The number of Topliss-reactive ketones (excluding diaryl/α,β-unsaturated/α-hetero) is 1. The minimum atomic E-state index is -3.52. The number of aryl methyl sites for hydroxylation is 2. The van der Waals surface area contributed by atoms with E-state index in [2.05, 4.69) is 0 Å². The van der Waals surface area contributed by atoms with E-state index in [9.17, 15) is 13.2 Å². The van der Waals surface area contributed by atoms with Gasteiger partial charge in [0.15, 0.2) is 5.78 Å². The molecule has 0 saturated heterocycles. The van der Waals surface area contributed by atoms with E-state index in [1.807, 2.05) is 44.2 Å². The lowest BCUT2D eigenvalue weighted by molar-refractivity contribution is 0.0982. The van der Waals surface area contributed by atoms with Gasteiger partial charge in [-0.2, -0.15) is 0 Å². The van der Waals surface area contributed by atoms with Gasteiger partial charge in [-0.25, -0.2) is 8.42 Å². The fourth-order valence-corrected chi connectivity index (χ4v) is 4.41. The molecule has 0 atom stereocenters. The molecular formula is C18H19NO3S. The summed E-state index contributed by atoms with van der Waals surface area (Å²) in [5, 5.41) is 0. The van der Waals surface area contributed by atoms with Gasteiger partial charge >= 0.3 is 0 Å². The van der Waals surface area contributed by atoms with Gasteiger partial charge in [0.25, 0.3) is 0 Å². The van der Waals surface area contributed by atoms with Gasteiger partial charge in [0.2, 0.25) is 10.0 Å². The van der Waals surface area contributed by atoms with E-state index in [1.54, 1.807) is 12.1 Å². The monoisotopic (exact) mass is 329 g/mol. The van der Waals surface area contributed by atoms with Gasteiger partial charge in [-0.1, -0.05) is 41.5 Å². The lowest BCUT2D eigenvalue weighted by Crippen LogP contribution is -2.38. The Kier molecular flexibility index (Phi) is 3.98. The van der Waals surface area contributed by atoms with Crippen molar-refractivity contribution < 1.29 is 13.2 Å². The largest absolute Gasteiger partial charge is 0.294 e. The Balaban J connectivity index is 1.96. The Hall–Kier alpha value is -2.14. The maximum absolute atomic E-state index is 12.8. The Labute approximate surface area is 136 Å². The molecule has 1 aliphatic heterocycles. The van der Waals surface area contributed by atoms with Crippen molar-refractivity contribution in [2.45, 2.75) is 26.0 Å². The molecule has 0 fully saturated rings. The number of rotatable bonds is 3. The number of fused-ring (bicyclic) bond motifs is 1. The van der Waals surface area contributed by atoms with Crippen molar-refractivity contribution in [3.8, 4) is 0 Å². The Morgan fingerprint density at radius 3 is 2.35 bits per heavy atom. The summed E-state index contributed by atoms with van der Waals surface area (Å²) in [7, 11) is -3.52. The summed E-state index contributed by atoms with van der Waals surface area (Å²) in [4.78, 5) is 12.1. The molecule has 120 valence electrons. The number of sulfonamides is 1. The van der Waals surface area contributed by atoms with Crippen molar-refractivity contribution in [2.75, 3.05) is 10.8 Å². The smallest absolute Gasteiger partial charge is 0.239 e. The average Bonchev–Trinajstić information content (AvgIpc) is 2.50. The number of nitrogens with zero attached hydrogens (tertiary/aromatic N) is 1. The summed E-state index contributed by atoms with van der Waals surface area (Å²) in [6.07, 6.45) is 0.226. The van der Waals surface area contributed by atoms with E-state index in [0.29, 0.717) is 11.3 Å². The molecule has 1 heterocycles. The zero-order chi connectivity index (χ0) is 16.6. The highest BCUT2D eigenvalue weighted by Gasteiger charge is 2.31. The van der Waals surface area contributed by atoms with Crippen LogP contribution in [-0.2, 0) is 15.8 Å². The van der Waals surface area contributed by atoms with E-state index in [1.165, 1.54) is 4.31 Å². The molecule has 0 amide bonds. The second-order valence-corrected chi connectivity index (χ2v) is 7.90. The molecule has 0 spiro atoms. The SMILES string of the molecule is Cc1ccc(CS(=O)(=O)N2CCC(=O)c3cc(C)ccc32)cc1. The molecular weight excluding hydrogens is 310 g/mol. The first-order valence-electron chi connectivity index (χ1n) is 7.57. The molecule has 0 unspecified atom stereocenters. The second-order valence-electron chi connectivity index (χ2n) is 6.01. The van der Waals surface area contributed by atoms with Gasteiger partial charge in [0, 0.05) is 18.5 Å². The van der Waals surface area contributed by atoms with Crippen molar-refractivity contribution in [1.29, 1.82) is 0 Å². The number of anilines is 1. The summed E-state index contributed by atoms with van der Waals surface area (Å²) in [6.45, 7) is 4.07. The summed E-state index contributed by atoms with van der Waals surface area (Å²) in [6, 6.07) is 12.8. The maximum Gasteiger partial charge on any atom is 0.239 e. The predicted molar refractivity (Wildman–Crippen MR) is 91.3 cm³/mol. The normalized spacial score (nSPS) is 14.7. The van der Waals surface area contributed by atoms with Gasteiger partial charge in [0.1, 0.15) is 0 Å². The molecule has 2 aromatic rings. The number of benzene rings is 2. The van der Waals surface area contributed by atoms with E-state index in [-0.39, 0.29) is 24.5 Å². The van der Waals surface area contributed by atoms with E-state index in [0.717, 1.165) is 16.7 Å². The zero-order valence-corrected chi connectivity index (χ0v) is 14.1. The van der Waals surface area contributed by atoms with Gasteiger partial charge < -0.3 is 0 Å². The molecule has 0 bridgehead atoms. The van der Waals surface area contributed by atoms with E-state index < -0.39 is 10.0 Å². The van der Waals surface area contributed by atoms with Crippen LogP contribution in [0, 0.1) is 13.8 Å². The zero-order valence-electron chi connectivity index (χ0n) is 13.2. The molecule has 23 heavy (non-hydrogen) atoms. The van der Waals surface area contributed by atoms with Crippen LogP contribution in [0.25, 0.3) is 0 Å². The number of hydrogen-bond acceptors (Lipinski definition) is 3. The van der Waals surface area contributed by atoms with Crippen molar-refractivity contribution >= 4 is 21.5 Å². The van der Waals surface area contributed by atoms with E-state index in [4.69, 9.17) is 0 Å². The quantitative estimate of drug-likeness (QED) is 0.869. The molecule has 1 aliphatic rings. The fraction of sp³-hybridized carbons (Fsp3) is 0.278. The minimum absolute atomic E-state index is 0.00508. The van der Waals surface area contributed by atoms with Gasteiger partial charge in [-0.3, -0.25) is 9.10 Å². The van der Waals surface area contributed by atoms with Crippen LogP contribution in [0.5, 0.6) is 0 Å². The third-order valence-corrected chi connectivity index (χ3v) is 5.82. The van der Waals surface area contributed by atoms with Gasteiger partial charge in [0.05, 0.1) is 11.4 Å². The maximum atomic E-state index is 12.8. The number of carbonyl (C=O) groups excluding carboxylic acids is 1. The lowest BCUT2D eigenvalue weighted by atomic mass is 10.0. The number of ketones is 1. The Bertz CT molecular complexity index is 854. The second kappa shape index (κ2) is 5.81. The molecule has 0 N–H and O–H groups in total. The number of hydrogen-bond donors (Lipinski definition) is 0. The average molecular weight is 329 g/mol. The van der Waals surface area contributed by atoms with Crippen LogP contribution in [0.3, 0.4) is 0 Å². The molecule has 4 nitrogen and oxygen atoms in total. The molecule has 2 aromatic carbocycles. The van der Waals surface area contributed by atoms with Gasteiger partial charge in [-0.05, 0) is 31.5 Å². The van der Waals surface area contributed by atoms with Crippen LogP contribution < -0.4 is 4.31 Å². The first-order valence-corrected chi connectivity index (χ1v) is 9.17. The standard InChI is InChI=1S/C18H19NO3S/c1-13-3-6-15(7-4-13)12-23(21,22)19-10-9-18(20)16-11-14(2)5-8-17(16)19/h3-8,11H,9-10,12H2,1-2H3. The van der Waals surface area contributed by atoms with Gasteiger partial charge in [-0.15, -0.1) is 0 Å². The highest BCUT2D eigenvalue weighted by Crippen LogP contribution is 2.31. The van der Waals surface area contributed by atoms with Crippen LogP contribution in [0.4, 0.5) is 5.69 Å². The number of carbonyl (C=O) groups is 1. The third kappa shape index (κ3) is 3.15. The highest BCUT2D eigenvalue weighted by atomic mass is 32.2. The minimum Gasteiger partial charge on any atom is -0.294 e. The van der Waals surface area contributed by atoms with Crippen molar-refractivity contribution in [3.63, 3.8) is 0 Å². The molecule has 0 radical (unpaired) electrons. The van der Waals surface area contributed by atoms with Crippen molar-refractivity contribution in [2.24, 2.45) is 0 Å². The Morgan fingerprint density at radius 2 is 1.65 bits per heavy atom. The van der Waals surface area contributed by atoms with Crippen LogP contribution in [0.1, 0.15) is 33.5 Å². The van der Waals surface area contributed by atoms with E-state index >= 15 is 0 Å². The summed E-state index contributed by atoms with van der Waals surface area (Å²) in [5.41, 5.74) is 3.80. The molecule has 0 saturated carbocycles. The summed E-state index contributed by atoms with van der Waals surface area (Å²) in [5.74, 6) is -0.0556. The molecule has 0 aromatic heterocycles. The Morgan fingerprint density at radius 1 is 1.00 bits per heavy atom. The van der Waals surface area contributed by atoms with Crippen molar-refractivity contribution in [1.82, 2.24) is 0 Å². The first-order chi connectivity index (χ1) is 10.9. The summed E-state index contributed by atoms with van der Waals surface area (Å²) < 4.78 is 27.0. The summed E-state index contributed by atoms with van der Waals surface area (Å²) >= 11 is 0. The topological polar surface area (TPSA) is 54.5 Å². The highest BCUT2D eigenvalue weighted by molar-refractivity contribution is 7.92. The lowest BCUT2D eigenvalue weighted by Gasteiger charge is -2.30. The van der Waals surface area contributed by atoms with Crippen LogP contribution in [0.2, 0.25) is 0 Å². The third-order valence-electron chi connectivity index (χ3n) is 4.07.